The lowest BCUT2D eigenvalue weighted by atomic mass is 9.70. The molecule has 0 saturated carbocycles. The first-order valence-corrected chi connectivity index (χ1v) is 7.81. The Hall–Kier alpha value is -1.88. The SMILES string of the molecule is C[C@]1(C(=O)N2CCO[C@@H](C(N)=O)C2)CCCc2ccccc21. The van der Waals surface area contributed by atoms with Crippen LogP contribution in [0, 0.1) is 0 Å². The number of amides is 2. The van der Waals surface area contributed by atoms with Gasteiger partial charge in [0.2, 0.25) is 11.8 Å². The predicted molar refractivity (Wildman–Crippen MR) is 82.2 cm³/mol. The minimum Gasteiger partial charge on any atom is -0.367 e. The average molecular weight is 302 g/mol. The Bertz CT molecular complexity index is 601. The maximum absolute atomic E-state index is 13.1. The van der Waals surface area contributed by atoms with Crippen molar-refractivity contribution < 1.29 is 14.3 Å². The topological polar surface area (TPSA) is 72.6 Å². The van der Waals surface area contributed by atoms with Gasteiger partial charge in [-0.05, 0) is 37.3 Å². The van der Waals surface area contributed by atoms with Crippen LogP contribution in [0.2, 0.25) is 0 Å². The molecule has 1 heterocycles. The summed E-state index contributed by atoms with van der Waals surface area (Å²) in [5.74, 6) is -0.430. The van der Waals surface area contributed by atoms with Crippen molar-refractivity contribution in [1.82, 2.24) is 4.90 Å². The van der Waals surface area contributed by atoms with E-state index in [1.807, 2.05) is 19.1 Å². The van der Waals surface area contributed by atoms with Crippen molar-refractivity contribution in [2.24, 2.45) is 5.73 Å². The first kappa shape index (κ1) is 15.0. The molecule has 1 aromatic rings. The second kappa shape index (κ2) is 5.72. The summed E-state index contributed by atoms with van der Waals surface area (Å²) in [5, 5.41) is 0. The van der Waals surface area contributed by atoms with Gasteiger partial charge in [0.05, 0.1) is 18.6 Å². The fraction of sp³-hybridized carbons (Fsp3) is 0.529. The van der Waals surface area contributed by atoms with Gasteiger partial charge in [-0.1, -0.05) is 24.3 Å². The molecule has 0 spiro atoms. The van der Waals surface area contributed by atoms with E-state index in [-0.39, 0.29) is 12.5 Å². The number of fused-ring (bicyclic) bond motifs is 1. The van der Waals surface area contributed by atoms with Crippen LogP contribution in [0.1, 0.15) is 30.9 Å². The number of carbonyl (C=O) groups is 2. The Morgan fingerprint density at radius 3 is 2.91 bits per heavy atom. The first-order chi connectivity index (χ1) is 10.5. The van der Waals surface area contributed by atoms with Crippen molar-refractivity contribution >= 4 is 11.8 Å². The molecular weight excluding hydrogens is 280 g/mol. The highest BCUT2D eigenvalue weighted by Crippen LogP contribution is 2.38. The van der Waals surface area contributed by atoms with Gasteiger partial charge in [-0.25, -0.2) is 0 Å². The van der Waals surface area contributed by atoms with Crippen LogP contribution in [0.3, 0.4) is 0 Å². The number of nitrogens with zero attached hydrogens (tertiary/aromatic N) is 1. The summed E-state index contributed by atoms with van der Waals surface area (Å²) in [6, 6.07) is 8.16. The van der Waals surface area contributed by atoms with Gasteiger partial charge in [-0.15, -0.1) is 0 Å². The van der Waals surface area contributed by atoms with Crippen molar-refractivity contribution in [1.29, 1.82) is 0 Å². The highest BCUT2D eigenvalue weighted by atomic mass is 16.5. The minimum absolute atomic E-state index is 0.0780. The quantitative estimate of drug-likeness (QED) is 0.885. The Morgan fingerprint density at radius 1 is 1.36 bits per heavy atom. The number of hydrogen-bond donors (Lipinski definition) is 1. The van der Waals surface area contributed by atoms with Gasteiger partial charge in [-0.3, -0.25) is 9.59 Å². The summed E-state index contributed by atoms with van der Waals surface area (Å²) in [7, 11) is 0. The van der Waals surface area contributed by atoms with Crippen LogP contribution in [0.5, 0.6) is 0 Å². The highest BCUT2D eigenvalue weighted by molar-refractivity contribution is 5.89. The number of nitrogens with two attached hydrogens (primary N) is 1. The number of primary amides is 1. The number of aryl methyl sites for hydroxylation is 1. The maximum atomic E-state index is 13.1. The van der Waals surface area contributed by atoms with Crippen molar-refractivity contribution in [3.05, 3.63) is 35.4 Å². The summed E-state index contributed by atoms with van der Waals surface area (Å²) in [6.07, 6.45) is 2.16. The summed E-state index contributed by atoms with van der Waals surface area (Å²) < 4.78 is 5.34. The molecular formula is C17H22N2O3. The van der Waals surface area contributed by atoms with Gasteiger partial charge >= 0.3 is 0 Å². The number of ether oxygens (including phenoxy) is 1. The second-order valence-corrected chi connectivity index (χ2v) is 6.36. The van der Waals surface area contributed by atoms with E-state index in [4.69, 9.17) is 10.5 Å². The molecule has 5 nitrogen and oxygen atoms in total. The van der Waals surface area contributed by atoms with Crippen molar-refractivity contribution in [2.75, 3.05) is 19.7 Å². The lowest BCUT2D eigenvalue weighted by Crippen LogP contribution is -2.55. The van der Waals surface area contributed by atoms with Gasteiger partial charge in [0, 0.05) is 6.54 Å². The Morgan fingerprint density at radius 2 is 2.14 bits per heavy atom. The summed E-state index contributed by atoms with van der Waals surface area (Å²) >= 11 is 0. The van der Waals surface area contributed by atoms with Gasteiger partial charge in [-0.2, -0.15) is 0 Å². The Labute approximate surface area is 130 Å². The molecule has 22 heavy (non-hydrogen) atoms. The van der Waals surface area contributed by atoms with Crippen LogP contribution in [0.15, 0.2) is 24.3 Å². The van der Waals surface area contributed by atoms with Crippen molar-refractivity contribution in [2.45, 2.75) is 37.7 Å². The number of rotatable bonds is 2. The van der Waals surface area contributed by atoms with E-state index < -0.39 is 17.4 Å². The van der Waals surface area contributed by atoms with E-state index in [2.05, 4.69) is 12.1 Å². The number of carbonyl (C=O) groups excluding carboxylic acids is 2. The molecule has 118 valence electrons. The van der Waals surface area contributed by atoms with Crippen molar-refractivity contribution in [3.63, 3.8) is 0 Å². The fourth-order valence-corrected chi connectivity index (χ4v) is 3.62. The van der Waals surface area contributed by atoms with Crippen LogP contribution in [-0.2, 0) is 26.2 Å². The molecule has 3 rings (SSSR count). The molecule has 2 amide bonds. The highest BCUT2D eigenvalue weighted by Gasteiger charge is 2.42. The third kappa shape index (κ3) is 2.50. The maximum Gasteiger partial charge on any atom is 0.248 e. The largest absolute Gasteiger partial charge is 0.367 e. The molecule has 0 unspecified atom stereocenters. The standard InChI is InChI=1S/C17H22N2O3/c1-17(8-4-6-12-5-2-3-7-13(12)17)16(21)19-9-10-22-14(11-19)15(18)20/h2-3,5,7,14H,4,6,8-11H2,1H3,(H2,18,20)/t14-,17+/m1/s1. The Balaban J connectivity index is 1.87. The summed E-state index contributed by atoms with van der Waals surface area (Å²) in [4.78, 5) is 26.2. The lowest BCUT2D eigenvalue weighted by molar-refractivity contribution is -0.149. The van der Waals surface area contributed by atoms with E-state index >= 15 is 0 Å². The molecule has 2 aliphatic rings. The molecule has 1 aromatic carbocycles. The molecule has 0 bridgehead atoms. The number of hydrogen-bond acceptors (Lipinski definition) is 3. The molecule has 1 aliphatic carbocycles. The predicted octanol–water partition coefficient (Wildman–Crippen LogP) is 0.993. The van der Waals surface area contributed by atoms with Crippen molar-refractivity contribution in [3.8, 4) is 0 Å². The van der Waals surface area contributed by atoms with Crippen LogP contribution in [0.4, 0.5) is 0 Å². The van der Waals surface area contributed by atoms with E-state index in [1.54, 1.807) is 4.90 Å². The second-order valence-electron chi connectivity index (χ2n) is 6.36. The van der Waals surface area contributed by atoms with Gasteiger partial charge < -0.3 is 15.4 Å². The first-order valence-electron chi connectivity index (χ1n) is 7.81. The van der Waals surface area contributed by atoms with Gasteiger partial charge in [0.1, 0.15) is 0 Å². The molecule has 1 fully saturated rings. The van der Waals surface area contributed by atoms with Crippen LogP contribution in [0.25, 0.3) is 0 Å². The third-order valence-electron chi connectivity index (χ3n) is 4.88. The zero-order chi connectivity index (χ0) is 15.7. The molecule has 2 N–H and O–H groups in total. The molecule has 0 radical (unpaired) electrons. The summed E-state index contributed by atoms with van der Waals surface area (Å²) in [5.41, 5.74) is 7.17. The third-order valence-corrected chi connectivity index (χ3v) is 4.88. The smallest absolute Gasteiger partial charge is 0.248 e. The number of morpholine rings is 1. The fourth-order valence-electron chi connectivity index (χ4n) is 3.62. The van der Waals surface area contributed by atoms with E-state index in [0.717, 1.165) is 24.8 Å². The van der Waals surface area contributed by atoms with E-state index in [0.29, 0.717) is 13.2 Å². The van der Waals surface area contributed by atoms with E-state index in [1.165, 1.54) is 5.56 Å². The monoisotopic (exact) mass is 302 g/mol. The van der Waals surface area contributed by atoms with Crippen LogP contribution in [-0.4, -0.2) is 42.5 Å². The normalized spacial score (nSPS) is 28.0. The van der Waals surface area contributed by atoms with Gasteiger partial charge in [0.15, 0.2) is 6.10 Å². The molecule has 2 atom stereocenters. The van der Waals surface area contributed by atoms with E-state index in [9.17, 15) is 9.59 Å². The average Bonchev–Trinajstić information content (AvgIpc) is 2.54. The number of benzene rings is 1. The molecule has 1 saturated heterocycles. The van der Waals surface area contributed by atoms with Crippen LogP contribution < -0.4 is 5.73 Å². The molecule has 0 aromatic heterocycles. The lowest BCUT2D eigenvalue weighted by Gasteiger charge is -2.41. The molecule has 5 heteroatoms. The Kier molecular flexibility index (Phi) is 3.91. The zero-order valence-electron chi connectivity index (χ0n) is 12.9. The van der Waals surface area contributed by atoms with Gasteiger partial charge in [0.25, 0.3) is 0 Å². The zero-order valence-corrected chi connectivity index (χ0v) is 12.9. The summed E-state index contributed by atoms with van der Waals surface area (Å²) in [6.45, 7) is 3.14. The molecule has 1 aliphatic heterocycles. The minimum atomic E-state index is -0.694. The van der Waals surface area contributed by atoms with Crippen LogP contribution >= 0.6 is 0 Å².